The molecule has 1 heterocycles. The van der Waals surface area contributed by atoms with Crippen molar-refractivity contribution in [2.24, 2.45) is 0 Å². The van der Waals surface area contributed by atoms with Gasteiger partial charge in [0.15, 0.2) is 0 Å². The van der Waals surface area contributed by atoms with Crippen LogP contribution in [0.15, 0.2) is 30.5 Å². The third-order valence-corrected chi connectivity index (χ3v) is 2.35. The topological polar surface area (TPSA) is 104 Å². The average molecular weight is 300 g/mol. The van der Waals surface area contributed by atoms with E-state index in [9.17, 15) is 23.3 Å². The van der Waals surface area contributed by atoms with Gasteiger partial charge >= 0.3 is 17.7 Å². The Morgan fingerprint density at radius 1 is 1.29 bits per heavy atom. The number of para-hydroxylation sites is 1. The van der Waals surface area contributed by atoms with Crippen molar-refractivity contribution in [1.82, 2.24) is 9.97 Å². The molecule has 0 aliphatic rings. The number of alkyl halides is 3. The highest BCUT2D eigenvalue weighted by molar-refractivity contribution is 5.46. The van der Waals surface area contributed by atoms with E-state index < -0.39 is 34.0 Å². The van der Waals surface area contributed by atoms with E-state index in [-0.39, 0.29) is 5.95 Å². The summed E-state index contributed by atoms with van der Waals surface area (Å²) in [7, 11) is 0. The summed E-state index contributed by atoms with van der Waals surface area (Å²) in [5.74, 6) is -1.64. The maximum absolute atomic E-state index is 12.8. The van der Waals surface area contributed by atoms with Crippen LogP contribution in [0.2, 0.25) is 0 Å². The predicted octanol–water partition coefficient (Wildman–Crippen LogP) is 2.78. The van der Waals surface area contributed by atoms with Crippen molar-refractivity contribution in [2.75, 3.05) is 5.73 Å². The van der Waals surface area contributed by atoms with E-state index in [1.54, 1.807) is 0 Å². The first-order chi connectivity index (χ1) is 9.79. The summed E-state index contributed by atoms with van der Waals surface area (Å²) in [5, 5.41) is 10.8. The highest BCUT2D eigenvalue weighted by Gasteiger charge is 2.35. The van der Waals surface area contributed by atoms with Gasteiger partial charge in [0.05, 0.1) is 10.5 Å². The lowest BCUT2D eigenvalue weighted by Gasteiger charge is -2.12. The normalized spacial score (nSPS) is 11.2. The molecular formula is C11H7F3N4O3. The predicted molar refractivity (Wildman–Crippen MR) is 64.6 cm³/mol. The number of ether oxygens (including phenoxy) is 1. The van der Waals surface area contributed by atoms with Crippen molar-refractivity contribution in [3.8, 4) is 11.6 Å². The van der Waals surface area contributed by atoms with Gasteiger partial charge in [0.25, 0.3) is 0 Å². The Balaban J connectivity index is 2.49. The van der Waals surface area contributed by atoms with Crippen LogP contribution in [0.25, 0.3) is 0 Å². The van der Waals surface area contributed by atoms with E-state index >= 15 is 0 Å². The molecule has 0 aliphatic heterocycles. The highest BCUT2D eigenvalue weighted by atomic mass is 19.4. The molecule has 0 saturated carbocycles. The Labute approximate surface area is 115 Å². The van der Waals surface area contributed by atoms with Crippen LogP contribution < -0.4 is 10.5 Å². The van der Waals surface area contributed by atoms with Crippen LogP contribution in [-0.2, 0) is 6.18 Å². The molecule has 0 fully saturated rings. The van der Waals surface area contributed by atoms with E-state index in [0.29, 0.717) is 0 Å². The van der Waals surface area contributed by atoms with Crippen molar-refractivity contribution in [3.05, 3.63) is 46.1 Å². The van der Waals surface area contributed by atoms with E-state index in [1.165, 1.54) is 12.1 Å². The summed E-state index contributed by atoms with van der Waals surface area (Å²) in [6.07, 6.45) is -3.92. The molecule has 1 aromatic carbocycles. The molecular weight excluding hydrogens is 293 g/mol. The molecule has 0 spiro atoms. The smallest absolute Gasteiger partial charge is 0.419 e. The second-order valence-electron chi connectivity index (χ2n) is 3.77. The van der Waals surface area contributed by atoms with Crippen LogP contribution >= 0.6 is 0 Å². The van der Waals surface area contributed by atoms with Crippen molar-refractivity contribution in [1.29, 1.82) is 0 Å². The SMILES string of the molecule is Nc1ncc([N+](=O)[O-])c(Oc2ccccc2C(F)(F)F)n1. The van der Waals surface area contributed by atoms with Crippen molar-refractivity contribution in [2.45, 2.75) is 6.18 Å². The lowest BCUT2D eigenvalue weighted by molar-refractivity contribution is -0.386. The number of nitrogens with two attached hydrogens (primary N) is 1. The minimum Gasteiger partial charge on any atom is -0.433 e. The summed E-state index contributed by atoms with van der Waals surface area (Å²) in [4.78, 5) is 16.7. The number of benzene rings is 1. The Kier molecular flexibility index (Phi) is 3.61. The Hall–Kier alpha value is -2.91. The molecule has 0 bridgehead atoms. The molecule has 21 heavy (non-hydrogen) atoms. The largest absolute Gasteiger partial charge is 0.433 e. The molecule has 2 N–H and O–H groups in total. The van der Waals surface area contributed by atoms with E-state index in [0.717, 1.165) is 18.3 Å². The summed E-state index contributed by atoms with van der Waals surface area (Å²) in [5.41, 5.74) is 3.48. The van der Waals surface area contributed by atoms with Gasteiger partial charge in [0.1, 0.15) is 11.9 Å². The van der Waals surface area contributed by atoms with Gasteiger partial charge in [-0.1, -0.05) is 12.1 Å². The number of nitro groups is 1. The van der Waals surface area contributed by atoms with Crippen LogP contribution in [0, 0.1) is 10.1 Å². The van der Waals surface area contributed by atoms with E-state index in [4.69, 9.17) is 10.5 Å². The Bertz CT molecular complexity index is 691. The van der Waals surface area contributed by atoms with Crippen molar-refractivity contribution >= 4 is 11.6 Å². The molecule has 7 nitrogen and oxygen atoms in total. The lowest BCUT2D eigenvalue weighted by atomic mass is 10.2. The number of nitrogens with zero attached hydrogens (tertiary/aromatic N) is 3. The third-order valence-electron chi connectivity index (χ3n) is 2.35. The zero-order valence-corrected chi connectivity index (χ0v) is 10.2. The van der Waals surface area contributed by atoms with Gasteiger partial charge < -0.3 is 10.5 Å². The van der Waals surface area contributed by atoms with Gasteiger partial charge in [-0.25, -0.2) is 4.98 Å². The summed E-state index contributed by atoms with van der Waals surface area (Å²) in [6.45, 7) is 0. The summed E-state index contributed by atoms with van der Waals surface area (Å²) >= 11 is 0. The van der Waals surface area contributed by atoms with E-state index in [1.807, 2.05) is 0 Å². The van der Waals surface area contributed by atoms with Gasteiger partial charge in [-0.05, 0) is 12.1 Å². The van der Waals surface area contributed by atoms with Crippen molar-refractivity contribution in [3.63, 3.8) is 0 Å². The number of anilines is 1. The fourth-order valence-corrected chi connectivity index (χ4v) is 1.47. The Morgan fingerprint density at radius 2 is 1.95 bits per heavy atom. The maximum atomic E-state index is 12.8. The fraction of sp³-hybridized carbons (Fsp3) is 0.0909. The number of halogens is 3. The minimum atomic E-state index is -4.68. The molecule has 0 radical (unpaired) electrons. The monoisotopic (exact) mass is 300 g/mol. The molecule has 1 aromatic heterocycles. The molecule has 0 aliphatic carbocycles. The van der Waals surface area contributed by atoms with Crippen LogP contribution in [0.4, 0.5) is 24.8 Å². The quantitative estimate of drug-likeness (QED) is 0.690. The van der Waals surface area contributed by atoms with Crippen LogP contribution in [0.1, 0.15) is 5.56 Å². The third kappa shape index (κ3) is 3.16. The maximum Gasteiger partial charge on any atom is 0.419 e. The first-order valence-electron chi connectivity index (χ1n) is 5.40. The van der Waals surface area contributed by atoms with E-state index in [2.05, 4.69) is 9.97 Å². The molecule has 2 rings (SSSR count). The zero-order chi connectivity index (χ0) is 15.6. The van der Waals surface area contributed by atoms with Crippen LogP contribution in [0.5, 0.6) is 11.6 Å². The fourth-order valence-electron chi connectivity index (χ4n) is 1.47. The first-order valence-corrected chi connectivity index (χ1v) is 5.40. The lowest BCUT2D eigenvalue weighted by Crippen LogP contribution is -2.08. The molecule has 0 saturated heterocycles. The van der Waals surface area contributed by atoms with Gasteiger partial charge in [-0.3, -0.25) is 10.1 Å². The van der Waals surface area contributed by atoms with Crippen molar-refractivity contribution < 1.29 is 22.8 Å². The van der Waals surface area contributed by atoms with Gasteiger partial charge in [-0.2, -0.15) is 18.2 Å². The molecule has 0 unspecified atom stereocenters. The molecule has 0 atom stereocenters. The van der Waals surface area contributed by atoms with Crippen LogP contribution in [0.3, 0.4) is 0 Å². The molecule has 10 heteroatoms. The first kappa shape index (κ1) is 14.5. The van der Waals surface area contributed by atoms with Gasteiger partial charge in [0.2, 0.25) is 5.95 Å². The van der Waals surface area contributed by atoms with Crippen LogP contribution in [-0.4, -0.2) is 14.9 Å². The summed E-state index contributed by atoms with van der Waals surface area (Å²) in [6, 6.07) is 4.26. The van der Waals surface area contributed by atoms with Gasteiger partial charge in [-0.15, -0.1) is 0 Å². The highest BCUT2D eigenvalue weighted by Crippen LogP contribution is 2.39. The summed E-state index contributed by atoms with van der Waals surface area (Å²) < 4.78 is 43.4. The molecule has 2 aromatic rings. The van der Waals surface area contributed by atoms with Gasteiger partial charge in [0, 0.05) is 0 Å². The average Bonchev–Trinajstić information content (AvgIpc) is 2.37. The Morgan fingerprint density at radius 3 is 2.57 bits per heavy atom. The second-order valence-corrected chi connectivity index (χ2v) is 3.77. The number of hydrogen-bond donors (Lipinski definition) is 1. The number of rotatable bonds is 3. The zero-order valence-electron chi connectivity index (χ0n) is 10.2. The standard InChI is InChI=1S/C11H7F3N4O3/c12-11(13,14)6-3-1-2-4-8(6)21-9-7(18(19)20)5-16-10(15)17-9/h1-5H,(H2,15,16,17). The molecule has 110 valence electrons. The minimum absolute atomic E-state index is 0.361. The number of hydrogen-bond acceptors (Lipinski definition) is 6. The number of nitrogen functional groups attached to an aromatic ring is 1. The number of aromatic nitrogens is 2. The second kappa shape index (κ2) is 5.23. The molecule has 0 amide bonds.